The number of carbonyl (C=O) groups is 1. The highest BCUT2D eigenvalue weighted by Gasteiger charge is 2.33. The minimum atomic E-state index is -4.43. The zero-order chi connectivity index (χ0) is 21.8. The van der Waals surface area contributed by atoms with Crippen LogP contribution in [0.2, 0.25) is 0 Å². The van der Waals surface area contributed by atoms with Gasteiger partial charge in [-0.05, 0) is 37.1 Å². The second-order valence-corrected chi connectivity index (χ2v) is 8.07. The molecule has 0 radical (unpaired) electrons. The number of para-hydroxylation sites is 1. The summed E-state index contributed by atoms with van der Waals surface area (Å²) in [4.78, 5) is 22.4. The first kappa shape index (κ1) is 21.5. The Morgan fingerprint density at radius 1 is 1.16 bits per heavy atom. The van der Waals surface area contributed by atoms with E-state index < -0.39 is 18.0 Å². The molecule has 0 aliphatic carbocycles. The predicted octanol–water partition coefficient (Wildman–Crippen LogP) is 5.35. The smallest absolute Gasteiger partial charge is 0.417 e. The van der Waals surface area contributed by atoms with Gasteiger partial charge in [0.05, 0.1) is 23.0 Å². The molecule has 3 aromatic rings. The number of alkyl halides is 3. The summed E-state index contributed by atoms with van der Waals surface area (Å²) in [7, 11) is 0. The Labute approximate surface area is 181 Å². The molecule has 9 heteroatoms. The second-order valence-electron chi connectivity index (χ2n) is 7.21. The average molecular weight is 447 g/mol. The SMILES string of the molecule is O=CC(Oc1ccccc1)N1CCCC[C@@H]1c1csc(-c2ccc(C(F)(F)F)cn2)n1. The molecule has 0 amide bonds. The van der Waals surface area contributed by atoms with E-state index in [0.29, 0.717) is 23.0 Å². The topological polar surface area (TPSA) is 55.3 Å². The molecule has 1 saturated heterocycles. The van der Waals surface area contributed by atoms with Crippen molar-refractivity contribution >= 4 is 17.6 Å². The van der Waals surface area contributed by atoms with Gasteiger partial charge in [0.15, 0.2) is 6.29 Å². The standard InChI is InChI=1S/C22H20F3N3O2S/c23-22(24,25)15-9-10-17(26-12-15)21-27-18(14-31-21)19-8-4-5-11-28(19)20(13-29)30-16-6-2-1-3-7-16/h1-3,6-7,9-10,12-14,19-20H,4-5,8,11H2/t19-,20?/m1/s1. The lowest BCUT2D eigenvalue weighted by molar-refractivity contribution is -0.137. The molecule has 31 heavy (non-hydrogen) atoms. The van der Waals surface area contributed by atoms with Crippen molar-refractivity contribution in [2.75, 3.05) is 6.54 Å². The van der Waals surface area contributed by atoms with Gasteiger partial charge in [-0.3, -0.25) is 14.7 Å². The quantitative estimate of drug-likeness (QED) is 0.477. The maximum absolute atomic E-state index is 12.8. The van der Waals surface area contributed by atoms with E-state index in [0.717, 1.165) is 43.5 Å². The van der Waals surface area contributed by atoms with Crippen molar-refractivity contribution in [1.82, 2.24) is 14.9 Å². The highest BCUT2D eigenvalue weighted by molar-refractivity contribution is 7.13. The van der Waals surface area contributed by atoms with Crippen LogP contribution in [0.3, 0.4) is 0 Å². The number of hydrogen-bond donors (Lipinski definition) is 0. The van der Waals surface area contributed by atoms with Crippen LogP contribution in [0.25, 0.3) is 10.7 Å². The predicted molar refractivity (Wildman–Crippen MR) is 111 cm³/mol. The fraction of sp³-hybridized carbons (Fsp3) is 0.318. The molecule has 0 saturated carbocycles. The molecule has 4 rings (SSSR count). The van der Waals surface area contributed by atoms with Gasteiger partial charge in [-0.1, -0.05) is 24.6 Å². The van der Waals surface area contributed by atoms with Crippen molar-refractivity contribution < 1.29 is 22.7 Å². The van der Waals surface area contributed by atoms with E-state index in [-0.39, 0.29) is 6.04 Å². The van der Waals surface area contributed by atoms with E-state index in [1.54, 1.807) is 12.1 Å². The summed E-state index contributed by atoms with van der Waals surface area (Å²) in [5, 5.41) is 2.42. The van der Waals surface area contributed by atoms with Gasteiger partial charge in [-0.15, -0.1) is 11.3 Å². The third kappa shape index (κ3) is 4.94. The first-order valence-corrected chi connectivity index (χ1v) is 10.8. The van der Waals surface area contributed by atoms with Crippen molar-refractivity contribution in [3.05, 3.63) is 65.3 Å². The third-order valence-corrected chi connectivity index (χ3v) is 6.04. The largest absolute Gasteiger partial charge is 0.468 e. The number of hydrogen-bond acceptors (Lipinski definition) is 6. The summed E-state index contributed by atoms with van der Waals surface area (Å²) in [6.07, 6.45) is -0.825. The Balaban J connectivity index is 1.55. The molecule has 0 bridgehead atoms. The fourth-order valence-electron chi connectivity index (χ4n) is 3.63. The number of piperidine rings is 1. The van der Waals surface area contributed by atoms with Crippen LogP contribution >= 0.6 is 11.3 Å². The minimum absolute atomic E-state index is 0.118. The molecule has 0 spiro atoms. The highest BCUT2D eigenvalue weighted by atomic mass is 32.1. The van der Waals surface area contributed by atoms with Crippen LogP contribution in [0.15, 0.2) is 54.0 Å². The van der Waals surface area contributed by atoms with E-state index in [1.807, 2.05) is 28.5 Å². The molecule has 0 N–H and O–H groups in total. The van der Waals surface area contributed by atoms with Gasteiger partial charge in [-0.2, -0.15) is 13.2 Å². The normalized spacial score (nSPS) is 18.5. The zero-order valence-corrected chi connectivity index (χ0v) is 17.3. The number of likely N-dealkylation sites (tertiary alicyclic amines) is 1. The summed E-state index contributed by atoms with van der Waals surface area (Å²) < 4.78 is 44.2. The van der Waals surface area contributed by atoms with Crippen molar-refractivity contribution in [3.8, 4) is 16.5 Å². The summed E-state index contributed by atoms with van der Waals surface area (Å²) >= 11 is 1.32. The maximum atomic E-state index is 12.8. The summed E-state index contributed by atoms with van der Waals surface area (Å²) in [5.41, 5.74) is 0.363. The van der Waals surface area contributed by atoms with Crippen molar-refractivity contribution in [2.24, 2.45) is 0 Å². The number of thiazole rings is 1. The molecule has 3 heterocycles. The first-order valence-electron chi connectivity index (χ1n) is 9.87. The van der Waals surface area contributed by atoms with E-state index in [2.05, 4.69) is 9.97 Å². The lowest BCUT2D eigenvalue weighted by atomic mass is 9.99. The van der Waals surface area contributed by atoms with Crippen LogP contribution < -0.4 is 4.74 Å². The molecule has 5 nitrogen and oxygen atoms in total. The number of nitrogens with zero attached hydrogens (tertiary/aromatic N) is 3. The fourth-order valence-corrected chi connectivity index (χ4v) is 4.47. The van der Waals surface area contributed by atoms with Crippen LogP contribution in [0, 0.1) is 0 Å². The monoisotopic (exact) mass is 447 g/mol. The first-order chi connectivity index (χ1) is 15.0. The van der Waals surface area contributed by atoms with Crippen LogP contribution in [-0.4, -0.2) is 33.9 Å². The Morgan fingerprint density at radius 3 is 2.65 bits per heavy atom. The van der Waals surface area contributed by atoms with Crippen molar-refractivity contribution in [2.45, 2.75) is 37.7 Å². The van der Waals surface area contributed by atoms with Gasteiger partial charge in [0, 0.05) is 18.1 Å². The summed E-state index contributed by atoms with van der Waals surface area (Å²) in [6.45, 7) is 0.687. The Kier molecular flexibility index (Phi) is 6.33. The number of pyridine rings is 1. The van der Waals surface area contributed by atoms with Crippen molar-refractivity contribution in [3.63, 3.8) is 0 Å². The molecule has 162 valence electrons. The highest BCUT2D eigenvalue weighted by Crippen LogP contribution is 2.36. The van der Waals surface area contributed by atoms with Gasteiger partial charge in [-0.25, -0.2) is 4.98 Å². The minimum Gasteiger partial charge on any atom is -0.468 e. The Hall–Kier alpha value is -2.78. The molecule has 1 aromatic carbocycles. The molecule has 1 aliphatic rings. The number of aromatic nitrogens is 2. The third-order valence-electron chi connectivity index (χ3n) is 5.16. The maximum Gasteiger partial charge on any atom is 0.417 e. The molecular formula is C22H20F3N3O2S. The number of ether oxygens (including phenoxy) is 1. The van der Waals surface area contributed by atoms with Gasteiger partial charge < -0.3 is 4.74 Å². The molecule has 2 aromatic heterocycles. The van der Waals surface area contributed by atoms with Gasteiger partial charge in [0.2, 0.25) is 6.23 Å². The summed E-state index contributed by atoms with van der Waals surface area (Å²) in [6, 6.07) is 11.4. The number of rotatable bonds is 6. The van der Waals surface area contributed by atoms with Crippen LogP contribution in [0.5, 0.6) is 5.75 Å². The Bertz CT molecular complexity index is 1010. The number of benzene rings is 1. The van der Waals surface area contributed by atoms with Gasteiger partial charge >= 0.3 is 6.18 Å². The van der Waals surface area contributed by atoms with E-state index >= 15 is 0 Å². The van der Waals surface area contributed by atoms with Gasteiger partial charge in [0.25, 0.3) is 0 Å². The zero-order valence-electron chi connectivity index (χ0n) is 16.5. The lowest BCUT2D eigenvalue weighted by Crippen LogP contribution is -2.45. The number of halogens is 3. The second kappa shape index (κ2) is 9.15. The van der Waals surface area contributed by atoms with Crippen LogP contribution in [-0.2, 0) is 11.0 Å². The lowest BCUT2D eigenvalue weighted by Gasteiger charge is -2.37. The van der Waals surface area contributed by atoms with Crippen LogP contribution in [0.4, 0.5) is 13.2 Å². The molecular weight excluding hydrogens is 427 g/mol. The molecule has 2 atom stereocenters. The molecule has 1 fully saturated rings. The van der Waals surface area contributed by atoms with Gasteiger partial charge in [0.1, 0.15) is 10.8 Å². The number of carbonyl (C=O) groups excluding carboxylic acids is 1. The Morgan fingerprint density at radius 2 is 1.97 bits per heavy atom. The summed E-state index contributed by atoms with van der Waals surface area (Å²) in [5.74, 6) is 0.608. The van der Waals surface area contributed by atoms with Crippen molar-refractivity contribution in [1.29, 1.82) is 0 Å². The van der Waals surface area contributed by atoms with Crippen LogP contribution in [0.1, 0.15) is 36.6 Å². The van der Waals surface area contributed by atoms with E-state index in [4.69, 9.17) is 4.74 Å². The molecule has 1 unspecified atom stereocenters. The van der Waals surface area contributed by atoms with E-state index in [9.17, 15) is 18.0 Å². The molecule has 1 aliphatic heterocycles. The average Bonchev–Trinajstić information content (AvgIpc) is 3.28. The number of aldehydes is 1. The van der Waals surface area contributed by atoms with E-state index in [1.165, 1.54) is 17.4 Å².